The SMILES string of the molecule is CN(C)[C@@H]1[C@@H](NC(=O)c2cccc(C#N)c2)[C@H]2CCO[C@H]21. The standard InChI is InChI=1S/C16H19N3O2/c1-19(2)14-13(12-6-7-21-15(12)14)18-16(20)11-5-3-4-10(8-11)9-17/h3-5,8,12-15H,6-7H2,1-2H3,(H,18,20)/t12-,13+,14-,15-/m1/s1. The van der Waals surface area contributed by atoms with E-state index in [2.05, 4.69) is 16.3 Å². The lowest BCUT2D eigenvalue weighted by molar-refractivity contribution is -0.0664. The molecular weight excluding hydrogens is 266 g/mol. The van der Waals surface area contributed by atoms with Crippen LogP contribution in [0.4, 0.5) is 0 Å². The second-order valence-corrected chi connectivity index (χ2v) is 5.93. The van der Waals surface area contributed by atoms with Gasteiger partial charge >= 0.3 is 0 Å². The van der Waals surface area contributed by atoms with Crippen molar-refractivity contribution in [3.63, 3.8) is 0 Å². The molecule has 0 aromatic heterocycles. The van der Waals surface area contributed by atoms with E-state index in [0.29, 0.717) is 17.0 Å². The molecule has 110 valence electrons. The third-order valence-electron chi connectivity index (χ3n) is 4.50. The van der Waals surface area contributed by atoms with Gasteiger partial charge < -0.3 is 15.0 Å². The maximum absolute atomic E-state index is 12.4. The average Bonchev–Trinajstić information content (AvgIpc) is 2.87. The van der Waals surface area contributed by atoms with Crippen LogP contribution in [0.2, 0.25) is 0 Å². The normalized spacial score (nSPS) is 30.4. The molecule has 3 rings (SSSR count). The van der Waals surface area contributed by atoms with Crippen LogP contribution in [0.1, 0.15) is 22.3 Å². The molecule has 2 aliphatic rings. The summed E-state index contributed by atoms with van der Waals surface area (Å²) in [6, 6.07) is 9.20. The van der Waals surface area contributed by atoms with E-state index in [0.717, 1.165) is 13.0 Å². The zero-order chi connectivity index (χ0) is 15.0. The molecule has 2 fully saturated rings. The molecule has 1 aromatic rings. The molecule has 1 heterocycles. The molecule has 1 saturated heterocycles. The first-order valence-corrected chi connectivity index (χ1v) is 7.21. The van der Waals surface area contributed by atoms with Crippen molar-refractivity contribution in [1.82, 2.24) is 10.2 Å². The molecule has 1 aliphatic heterocycles. The first-order chi connectivity index (χ1) is 10.1. The Morgan fingerprint density at radius 1 is 1.48 bits per heavy atom. The van der Waals surface area contributed by atoms with E-state index in [1.807, 2.05) is 14.1 Å². The highest BCUT2D eigenvalue weighted by atomic mass is 16.5. The Hall–Kier alpha value is -1.90. The number of nitriles is 1. The monoisotopic (exact) mass is 285 g/mol. The van der Waals surface area contributed by atoms with Gasteiger partial charge in [-0.2, -0.15) is 5.26 Å². The quantitative estimate of drug-likeness (QED) is 0.900. The van der Waals surface area contributed by atoms with E-state index >= 15 is 0 Å². The van der Waals surface area contributed by atoms with Crippen molar-refractivity contribution in [2.75, 3.05) is 20.7 Å². The van der Waals surface area contributed by atoms with E-state index in [-0.39, 0.29) is 24.1 Å². The fraction of sp³-hybridized carbons (Fsp3) is 0.500. The van der Waals surface area contributed by atoms with E-state index in [1.54, 1.807) is 24.3 Å². The highest BCUT2D eigenvalue weighted by Crippen LogP contribution is 2.41. The number of carbonyl (C=O) groups excluding carboxylic acids is 1. The molecule has 0 radical (unpaired) electrons. The van der Waals surface area contributed by atoms with Crippen molar-refractivity contribution in [3.8, 4) is 6.07 Å². The molecule has 1 aliphatic carbocycles. The summed E-state index contributed by atoms with van der Waals surface area (Å²) in [5.74, 6) is 0.287. The molecule has 0 bridgehead atoms. The number of likely N-dealkylation sites (N-methyl/N-ethyl adjacent to an activating group) is 1. The van der Waals surface area contributed by atoms with E-state index in [4.69, 9.17) is 10.00 Å². The zero-order valence-electron chi connectivity index (χ0n) is 12.2. The Balaban J connectivity index is 1.73. The molecule has 21 heavy (non-hydrogen) atoms. The van der Waals surface area contributed by atoms with Crippen LogP contribution >= 0.6 is 0 Å². The van der Waals surface area contributed by atoms with Crippen LogP contribution in [-0.4, -0.2) is 49.7 Å². The number of nitrogens with zero attached hydrogens (tertiary/aromatic N) is 2. The Morgan fingerprint density at radius 3 is 3.00 bits per heavy atom. The third kappa shape index (κ3) is 2.41. The maximum atomic E-state index is 12.4. The molecule has 5 nitrogen and oxygen atoms in total. The largest absolute Gasteiger partial charge is 0.376 e. The highest BCUT2D eigenvalue weighted by molar-refractivity contribution is 5.94. The van der Waals surface area contributed by atoms with E-state index < -0.39 is 0 Å². The Morgan fingerprint density at radius 2 is 2.29 bits per heavy atom. The number of benzene rings is 1. The van der Waals surface area contributed by atoms with E-state index in [1.165, 1.54) is 0 Å². The molecule has 0 unspecified atom stereocenters. The Labute approximate surface area is 124 Å². The number of amides is 1. The number of hydrogen-bond donors (Lipinski definition) is 1. The van der Waals surface area contributed by atoms with Crippen molar-refractivity contribution >= 4 is 5.91 Å². The summed E-state index contributed by atoms with van der Waals surface area (Å²) in [6.07, 6.45) is 1.23. The molecular formula is C16H19N3O2. The summed E-state index contributed by atoms with van der Waals surface area (Å²) in [5, 5.41) is 12.0. The van der Waals surface area contributed by atoms with Crippen LogP contribution in [0.15, 0.2) is 24.3 Å². The van der Waals surface area contributed by atoms with Gasteiger partial charge in [-0.05, 0) is 38.7 Å². The fourth-order valence-corrected chi connectivity index (χ4v) is 3.45. The number of ether oxygens (including phenoxy) is 1. The minimum absolute atomic E-state index is 0.116. The highest BCUT2D eigenvalue weighted by Gasteiger charge is 2.55. The van der Waals surface area contributed by atoms with Crippen LogP contribution in [0, 0.1) is 17.2 Å². The van der Waals surface area contributed by atoms with Crippen LogP contribution in [0.25, 0.3) is 0 Å². The van der Waals surface area contributed by atoms with Gasteiger partial charge in [0, 0.05) is 18.1 Å². The van der Waals surface area contributed by atoms with Gasteiger partial charge in [-0.1, -0.05) is 6.07 Å². The molecule has 5 heteroatoms. The second-order valence-electron chi connectivity index (χ2n) is 5.93. The topological polar surface area (TPSA) is 65.4 Å². The second kappa shape index (κ2) is 5.47. The lowest BCUT2D eigenvalue weighted by atomic mass is 9.71. The smallest absolute Gasteiger partial charge is 0.251 e. The lowest BCUT2D eigenvalue weighted by Crippen LogP contribution is -2.69. The molecule has 4 atom stereocenters. The van der Waals surface area contributed by atoms with Crippen LogP contribution < -0.4 is 5.32 Å². The summed E-state index contributed by atoms with van der Waals surface area (Å²) < 4.78 is 5.74. The van der Waals surface area contributed by atoms with Gasteiger partial charge in [0.25, 0.3) is 5.91 Å². The maximum Gasteiger partial charge on any atom is 0.251 e. The van der Waals surface area contributed by atoms with Gasteiger partial charge in [0.05, 0.1) is 29.8 Å². The average molecular weight is 285 g/mol. The molecule has 0 spiro atoms. The lowest BCUT2D eigenvalue weighted by Gasteiger charge is -2.50. The third-order valence-corrected chi connectivity index (χ3v) is 4.50. The van der Waals surface area contributed by atoms with Gasteiger partial charge in [0.1, 0.15) is 0 Å². The van der Waals surface area contributed by atoms with Crippen LogP contribution in [-0.2, 0) is 4.74 Å². The van der Waals surface area contributed by atoms with Gasteiger partial charge in [0.2, 0.25) is 0 Å². The zero-order valence-corrected chi connectivity index (χ0v) is 12.2. The predicted octanol–water partition coefficient (Wildman–Crippen LogP) is 1.01. The first-order valence-electron chi connectivity index (χ1n) is 7.21. The minimum atomic E-state index is -0.116. The number of carbonyl (C=O) groups is 1. The fourth-order valence-electron chi connectivity index (χ4n) is 3.45. The first kappa shape index (κ1) is 14.1. The molecule has 1 amide bonds. The molecule has 1 saturated carbocycles. The van der Waals surface area contributed by atoms with Gasteiger partial charge in [-0.15, -0.1) is 0 Å². The minimum Gasteiger partial charge on any atom is -0.376 e. The Bertz CT molecular complexity index is 593. The van der Waals surface area contributed by atoms with Crippen molar-refractivity contribution in [3.05, 3.63) is 35.4 Å². The van der Waals surface area contributed by atoms with Gasteiger partial charge in [-0.3, -0.25) is 4.79 Å². The van der Waals surface area contributed by atoms with Crippen molar-refractivity contribution in [1.29, 1.82) is 5.26 Å². The van der Waals surface area contributed by atoms with Crippen molar-refractivity contribution < 1.29 is 9.53 Å². The van der Waals surface area contributed by atoms with Crippen LogP contribution in [0.3, 0.4) is 0 Å². The van der Waals surface area contributed by atoms with Gasteiger partial charge in [-0.25, -0.2) is 0 Å². The van der Waals surface area contributed by atoms with E-state index in [9.17, 15) is 4.79 Å². The summed E-state index contributed by atoms with van der Waals surface area (Å²) in [7, 11) is 4.02. The number of fused-ring (bicyclic) bond motifs is 1. The summed E-state index contributed by atoms with van der Waals surface area (Å²) in [5.41, 5.74) is 1.04. The predicted molar refractivity (Wildman–Crippen MR) is 77.7 cm³/mol. The van der Waals surface area contributed by atoms with Crippen LogP contribution in [0.5, 0.6) is 0 Å². The molecule has 1 aromatic carbocycles. The molecule has 1 N–H and O–H groups in total. The Kier molecular flexibility index (Phi) is 3.66. The number of nitrogens with one attached hydrogen (secondary N) is 1. The number of hydrogen-bond acceptors (Lipinski definition) is 4. The van der Waals surface area contributed by atoms with Crippen molar-refractivity contribution in [2.24, 2.45) is 5.92 Å². The van der Waals surface area contributed by atoms with Crippen molar-refractivity contribution in [2.45, 2.75) is 24.6 Å². The summed E-state index contributed by atoms with van der Waals surface area (Å²) in [4.78, 5) is 14.5. The summed E-state index contributed by atoms with van der Waals surface area (Å²) in [6.45, 7) is 0.774. The number of rotatable bonds is 3. The van der Waals surface area contributed by atoms with Gasteiger partial charge in [0.15, 0.2) is 0 Å². The summed E-state index contributed by atoms with van der Waals surface area (Å²) >= 11 is 0.